The van der Waals surface area contributed by atoms with Gasteiger partial charge in [-0.1, -0.05) is 35.1 Å². The Morgan fingerprint density at radius 2 is 2.07 bits per heavy atom. The molecule has 0 fully saturated rings. The van der Waals surface area contributed by atoms with Crippen molar-refractivity contribution >= 4 is 62.4 Å². The molecular formula is C19H16ClN3O3S3. The number of nitrogens with zero attached hydrogens (tertiary/aromatic N) is 2. The Hall–Kier alpha value is -1.81. The molecule has 0 bridgehead atoms. The Labute approximate surface area is 183 Å². The fourth-order valence-electron chi connectivity index (χ4n) is 3.22. The van der Waals surface area contributed by atoms with Gasteiger partial charge in [0.1, 0.15) is 4.83 Å². The van der Waals surface area contributed by atoms with Crippen molar-refractivity contribution < 1.29 is 4.92 Å². The van der Waals surface area contributed by atoms with Crippen LogP contribution in [0.2, 0.25) is 0 Å². The van der Waals surface area contributed by atoms with Crippen molar-refractivity contribution in [2.24, 2.45) is 0 Å². The number of H-pyrrole nitrogens is 1. The lowest BCUT2D eigenvalue weighted by atomic mass is 9.97. The Bertz CT molecular complexity index is 1160. The Morgan fingerprint density at radius 1 is 1.31 bits per heavy atom. The van der Waals surface area contributed by atoms with Crippen molar-refractivity contribution in [1.29, 1.82) is 0 Å². The molecule has 150 valence electrons. The summed E-state index contributed by atoms with van der Waals surface area (Å²) < 4.78 is 0. The van der Waals surface area contributed by atoms with E-state index in [-0.39, 0.29) is 11.2 Å². The molecule has 0 saturated carbocycles. The number of nitro groups is 1. The first-order chi connectivity index (χ1) is 14.0. The van der Waals surface area contributed by atoms with Gasteiger partial charge in [-0.25, -0.2) is 4.98 Å². The van der Waals surface area contributed by atoms with Crippen molar-refractivity contribution in [3.8, 4) is 0 Å². The third kappa shape index (κ3) is 4.53. The van der Waals surface area contributed by atoms with E-state index in [2.05, 4.69) is 9.97 Å². The number of nitrogens with one attached hydrogen (secondary N) is 1. The number of aromatic amines is 1. The molecule has 2 aromatic heterocycles. The van der Waals surface area contributed by atoms with Crippen LogP contribution in [-0.2, 0) is 12.8 Å². The minimum atomic E-state index is -0.427. The smallest absolute Gasteiger partial charge is 0.269 e. The summed E-state index contributed by atoms with van der Waals surface area (Å²) in [6, 6.07) is 6.31. The number of nitro benzene ring substituents is 1. The van der Waals surface area contributed by atoms with Crippen LogP contribution in [0.4, 0.5) is 5.69 Å². The number of hydrogen-bond acceptors (Lipinski definition) is 7. The second-order valence-electron chi connectivity index (χ2n) is 6.48. The zero-order valence-electron chi connectivity index (χ0n) is 15.1. The van der Waals surface area contributed by atoms with Gasteiger partial charge in [0.05, 0.1) is 10.3 Å². The minimum absolute atomic E-state index is 0.0499. The van der Waals surface area contributed by atoms with Gasteiger partial charge in [-0.15, -0.1) is 11.3 Å². The summed E-state index contributed by atoms with van der Waals surface area (Å²) in [6.45, 7) is 0. The van der Waals surface area contributed by atoms with E-state index in [1.165, 1.54) is 58.1 Å². The second-order valence-corrected chi connectivity index (χ2v) is 9.95. The summed E-state index contributed by atoms with van der Waals surface area (Å²) in [5.74, 6) is 0.532. The number of hydrogen-bond donors (Lipinski definition) is 1. The first-order valence-corrected chi connectivity index (χ1v) is 12.0. The maximum absolute atomic E-state index is 12.6. The molecule has 6 nitrogen and oxygen atoms in total. The van der Waals surface area contributed by atoms with Gasteiger partial charge in [0.15, 0.2) is 5.16 Å². The Kier molecular flexibility index (Phi) is 6.29. The largest absolute Gasteiger partial charge is 0.301 e. The van der Waals surface area contributed by atoms with Crippen LogP contribution in [0.25, 0.3) is 10.2 Å². The van der Waals surface area contributed by atoms with E-state index in [0.29, 0.717) is 10.9 Å². The second kappa shape index (κ2) is 8.91. The Morgan fingerprint density at radius 3 is 2.79 bits per heavy atom. The molecule has 0 aliphatic heterocycles. The van der Waals surface area contributed by atoms with Gasteiger partial charge in [0, 0.05) is 38.1 Å². The fourth-order valence-corrected chi connectivity index (χ4v) is 6.56. The minimum Gasteiger partial charge on any atom is -0.301 e. The van der Waals surface area contributed by atoms with Gasteiger partial charge in [-0.2, -0.15) is 0 Å². The van der Waals surface area contributed by atoms with E-state index < -0.39 is 4.92 Å². The van der Waals surface area contributed by atoms with Crippen LogP contribution >= 0.6 is 46.5 Å². The lowest BCUT2D eigenvalue weighted by molar-refractivity contribution is -0.384. The predicted octanol–water partition coefficient (Wildman–Crippen LogP) is 5.74. The van der Waals surface area contributed by atoms with Crippen LogP contribution in [0.5, 0.6) is 0 Å². The predicted molar refractivity (Wildman–Crippen MR) is 120 cm³/mol. The molecule has 10 heteroatoms. The number of rotatable bonds is 6. The van der Waals surface area contributed by atoms with E-state index >= 15 is 0 Å². The first kappa shape index (κ1) is 20.5. The van der Waals surface area contributed by atoms with E-state index in [0.717, 1.165) is 39.3 Å². The summed E-state index contributed by atoms with van der Waals surface area (Å²) in [5.41, 5.74) is 2.64. The number of thioether (sulfide) groups is 2. The van der Waals surface area contributed by atoms with Gasteiger partial charge < -0.3 is 4.98 Å². The maximum Gasteiger partial charge on any atom is 0.269 e. The van der Waals surface area contributed by atoms with E-state index in [1.54, 1.807) is 23.5 Å². The Balaban J connectivity index is 1.48. The molecule has 0 atom stereocenters. The summed E-state index contributed by atoms with van der Waals surface area (Å²) >= 11 is 10.4. The van der Waals surface area contributed by atoms with E-state index in [9.17, 15) is 14.9 Å². The molecule has 4 rings (SSSR count). The number of fused-ring (bicyclic) bond motifs is 3. The van der Waals surface area contributed by atoms with Gasteiger partial charge in [-0.05, 0) is 43.4 Å². The molecule has 1 aliphatic carbocycles. The van der Waals surface area contributed by atoms with Crippen molar-refractivity contribution in [1.82, 2.24) is 9.97 Å². The van der Waals surface area contributed by atoms with Crippen molar-refractivity contribution in [3.63, 3.8) is 0 Å². The van der Waals surface area contributed by atoms with Crippen molar-refractivity contribution in [2.75, 3.05) is 5.75 Å². The van der Waals surface area contributed by atoms with Crippen LogP contribution in [0.3, 0.4) is 0 Å². The van der Waals surface area contributed by atoms with Crippen molar-refractivity contribution in [2.45, 2.75) is 35.7 Å². The van der Waals surface area contributed by atoms with E-state index in [4.69, 9.17) is 11.6 Å². The number of aryl methyl sites for hydroxylation is 2. The lowest BCUT2D eigenvalue weighted by Gasteiger charge is -2.09. The van der Waals surface area contributed by atoms with Crippen LogP contribution in [0.1, 0.15) is 23.3 Å². The highest BCUT2D eigenvalue weighted by atomic mass is 35.5. The highest BCUT2D eigenvalue weighted by molar-refractivity contribution is 8.05. The average molecular weight is 466 g/mol. The van der Waals surface area contributed by atoms with Gasteiger partial charge in [0.25, 0.3) is 11.2 Å². The highest BCUT2D eigenvalue weighted by Gasteiger charge is 2.20. The number of non-ortho nitro benzene ring substituents is 1. The molecule has 0 spiro atoms. The number of halogens is 1. The normalized spacial score (nSPS) is 14.2. The molecule has 1 aliphatic rings. The average Bonchev–Trinajstić information content (AvgIpc) is 3.10. The molecule has 0 radical (unpaired) electrons. The summed E-state index contributed by atoms with van der Waals surface area (Å²) in [5, 5.41) is 12.1. The van der Waals surface area contributed by atoms with Crippen LogP contribution in [-0.4, -0.2) is 20.6 Å². The molecular weight excluding hydrogens is 450 g/mol. The first-order valence-electron chi connectivity index (χ1n) is 8.94. The highest BCUT2D eigenvalue weighted by Crippen LogP contribution is 2.35. The molecule has 29 heavy (non-hydrogen) atoms. The topological polar surface area (TPSA) is 88.9 Å². The van der Waals surface area contributed by atoms with Gasteiger partial charge in [-0.3, -0.25) is 14.9 Å². The quantitative estimate of drug-likeness (QED) is 0.216. The van der Waals surface area contributed by atoms with Crippen molar-refractivity contribution in [3.05, 3.63) is 65.6 Å². The monoisotopic (exact) mass is 465 g/mol. The van der Waals surface area contributed by atoms with Crippen LogP contribution in [0, 0.1) is 10.1 Å². The maximum atomic E-state index is 12.6. The number of thiophene rings is 1. The van der Waals surface area contributed by atoms with E-state index in [1.807, 2.05) is 0 Å². The molecule has 0 amide bonds. The number of aromatic nitrogens is 2. The fraction of sp³-hybridized carbons (Fsp3) is 0.263. The summed E-state index contributed by atoms with van der Waals surface area (Å²) in [6.07, 6.45) is 4.28. The lowest BCUT2D eigenvalue weighted by Crippen LogP contribution is -2.11. The molecule has 3 aromatic rings. The molecule has 0 saturated heterocycles. The molecule has 2 heterocycles. The van der Waals surface area contributed by atoms with Gasteiger partial charge in [0.2, 0.25) is 0 Å². The number of benzene rings is 1. The summed E-state index contributed by atoms with van der Waals surface area (Å²) in [4.78, 5) is 34.3. The molecule has 1 aromatic carbocycles. The SMILES string of the molecule is O=c1[nH]c(SC/C(=C\Cl)Sc2ccc([N+](=O)[O-])cc2)nc2sc3c(c12)CCCC3. The zero-order valence-corrected chi connectivity index (χ0v) is 18.3. The summed E-state index contributed by atoms with van der Waals surface area (Å²) in [7, 11) is 0. The van der Waals surface area contributed by atoms with Crippen LogP contribution in [0.15, 0.2) is 49.6 Å². The molecule has 1 N–H and O–H groups in total. The van der Waals surface area contributed by atoms with Crippen LogP contribution < -0.4 is 5.56 Å². The third-order valence-electron chi connectivity index (χ3n) is 4.57. The zero-order chi connectivity index (χ0) is 20.4. The third-order valence-corrected chi connectivity index (χ3v) is 8.29. The molecule has 0 unspecified atom stereocenters. The standard InChI is InChI=1S/C19H16ClN3O3S3/c20-9-13(28-12-7-5-11(6-8-12)23(25)26)10-27-19-21-17(24)16-14-3-1-2-4-15(14)29-18(16)22-19/h5-9H,1-4,10H2,(H,21,22,24)/b13-9+. The van der Waals surface area contributed by atoms with Gasteiger partial charge >= 0.3 is 0 Å².